The number of alkyl halides is 1. The molecule has 2 nitrogen and oxygen atoms in total. The van der Waals surface area contributed by atoms with Gasteiger partial charge in [0, 0.05) is 10.9 Å². The summed E-state index contributed by atoms with van der Waals surface area (Å²) >= 11 is 3.29. The van der Waals surface area contributed by atoms with Crippen molar-refractivity contribution < 1.29 is 9.53 Å². The molecule has 0 N–H and O–H groups in total. The second-order valence-corrected chi connectivity index (χ2v) is 4.71. The lowest BCUT2D eigenvalue weighted by Crippen LogP contribution is -2.25. The molecule has 0 atom stereocenters. The third kappa shape index (κ3) is 6.19. The molecule has 14 heavy (non-hydrogen) atoms. The van der Waals surface area contributed by atoms with Gasteiger partial charge in [-0.2, -0.15) is 0 Å². The Labute approximate surface area is 94.8 Å². The summed E-state index contributed by atoms with van der Waals surface area (Å²) in [7, 11) is 0. The van der Waals surface area contributed by atoms with Crippen LogP contribution in [-0.2, 0) is 9.53 Å². The average molecular weight is 263 g/mol. The van der Waals surface area contributed by atoms with E-state index in [0.29, 0.717) is 10.9 Å². The van der Waals surface area contributed by atoms with Gasteiger partial charge >= 0.3 is 5.97 Å². The molecule has 0 spiro atoms. The van der Waals surface area contributed by atoms with Gasteiger partial charge in [-0.15, -0.1) is 0 Å². The molecule has 0 rings (SSSR count). The summed E-state index contributed by atoms with van der Waals surface area (Å²) in [5, 5.41) is 0.557. The average Bonchev–Trinajstić information content (AvgIpc) is 2.02. The van der Waals surface area contributed by atoms with Crippen molar-refractivity contribution in [2.45, 2.75) is 46.1 Å². The lowest BCUT2D eigenvalue weighted by Gasteiger charge is -2.20. The molecule has 0 saturated heterocycles. The first-order chi connectivity index (χ1) is 6.40. The van der Waals surface area contributed by atoms with E-state index < -0.39 is 5.60 Å². The fourth-order valence-electron chi connectivity index (χ4n) is 0.855. The predicted octanol–water partition coefficient (Wildman–Crippen LogP) is 3.45. The van der Waals surface area contributed by atoms with Crippen LogP contribution in [0.5, 0.6) is 0 Å². The van der Waals surface area contributed by atoms with E-state index in [-0.39, 0.29) is 5.97 Å². The van der Waals surface area contributed by atoms with Crippen molar-refractivity contribution in [3.63, 3.8) is 0 Å². The Balaban J connectivity index is 4.33. The van der Waals surface area contributed by atoms with Crippen LogP contribution in [0, 0.1) is 0 Å². The standard InChI is InChI=1S/C11H19BrO2/c1-5-6-7-9(8-12)10(13)14-11(2,3)4/h7H,5-6,8H2,1-4H3. The number of hydrogen-bond donors (Lipinski definition) is 0. The van der Waals surface area contributed by atoms with Gasteiger partial charge < -0.3 is 4.74 Å². The lowest BCUT2D eigenvalue weighted by molar-refractivity contribution is -0.149. The predicted molar refractivity (Wildman–Crippen MR) is 62.6 cm³/mol. The Hall–Kier alpha value is -0.310. The summed E-state index contributed by atoms with van der Waals surface area (Å²) < 4.78 is 5.25. The van der Waals surface area contributed by atoms with Crippen molar-refractivity contribution in [1.29, 1.82) is 0 Å². The minimum atomic E-state index is -0.412. The zero-order valence-electron chi connectivity index (χ0n) is 9.39. The molecule has 0 aromatic rings. The van der Waals surface area contributed by atoms with Gasteiger partial charge in [0.15, 0.2) is 0 Å². The van der Waals surface area contributed by atoms with Gasteiger partial charge in [-0.3, -0.25) is 0 Å². The van der Waals surface area contributed by atoms with Crippen LogP contribution in [-0.4, -0.2) is 16.9 Å². The van der Waals surface area contributed by atoms with E-state index in [1.54, 1.807) is 0 Å². The number of halogens is 1. The molecule has 3 heteroatoms. The molecular weight excluding hydrogens is 244 g/mol. The van der Waals surface area contributed by atoms with Crippen LogP contribution in [0.1, 0.15) is 40.5 Å². The summed E-state index contributed by atoms with van der Waals surface area (Å²) in [6.07, 6.45) is 3.89. The van der Waals surface area contributed by atoms with Crippen LogP contribution in [0.25, 0.3) is 0 Å². The van der Waals surface area contributed by atoms with Crippen molar-refractivity contribution in [1.82, 2.24) is 0 Å². The van der Waals surface area contributed by atoms with E-state index in [1.165, 1.54) is 0 Å². The van der Waals surface area contributed by atoms with Gasteiger partial charge in [0.2, 0.25) is 0 Å². The molecular formula is C11H19BrO2. The van der Waals surface area contributed by atoms with Crippen LogP contribution >= 0.6 is 15.9 Å². The van der Waals surface area contributed by atoms with Gasteiger partial charge in [0.1, 0.15) is 5.60 Å². The summed E-state index contributed by atoms with van der Waals surface area (Å²) in [6, 6.07) is 0. The highest BCUT2D eigenvalue weighted by molar-refractivity contribution is 9.09. The monoisotopic (exact) mass is 262 g/mol. The molecule has 0 aliphatic heterocycles. The Morgan fingerprint density at radius 1 is 1.43 bits per heavy atom. The molecule has 0 fully saturated rings. The molecule has 0 aliphatic carbocycles. The molecule has 0 aliphatic rings. The topological polar surface area (TPSA) is 26.3 Å². The minimum Gasteiger partial charge on any atom is -0.457 e. The molecule has 0 unspecified atom stereocenters. The maximum atomic E-state index is 11.6. The van der Waals surface area contributed by atoms with Crippen molar-refractivity contribution in [2.24, 2.45) is 0 Å². The lowest BCUT2D eigenvalue weighted by atomic mass is 10.1. The summed E-state index contributed by atoms with van der Waals surface area (Å²) in [4.78, 5) is 11.6. The zero-order chi connectivity index (χ0) is 11.2. The highest BCUT2D eigenvalue weighted by Gasteiger charge is 2.18. The van der Waals surface area contributed by atoms with Crippen LogP contribution in [0.4, 0.5) is 0 Å². The van der Waals surface area contributed by atoms with Crippen LogP contribution < -0.4 is 0 Å². The number of hydrogen-bond acceptors (Lipinski definition) is 2. The summed E-state index contributed by atoms with van der Waals surface area (Å²) in [5.74, 6) is -0.220. The van der Waals surface area contributed by atoms with E-state index in [2.05, 4.69) is 22.9 Å². The second kappa shape index (κ2) is 6.23. The number of esters is 1. The van der Waals surface area contributed by atoms with Gasteiger partial charge in [-0.05, 0) is 27.2 Å². The summed E-state index contributed by atoms with van der Waals surface area (Å²) in [5.41, 5.74) is 0.298. The first-order valence-electron chi connectivity index (χ1n) is 4.89. The molecule has 0 aromatic carbocycles. The number of unbranched alkanes of at least 4 members (excludes halogenated alkanes) is 1. The Bertz CT molecular complexity index is 214. The molecule has 0 heterocycles. The van der Waals surface area contributed by atoms with Crippen LogP contribution in [0.2, 0.25) is 0 Å². The van der Waals surface area contributed by atoms with Crippen molar-refractivity contribution >= 4 is 21.9 Å². The molecule has 0 bridgehead atoms. The fourth-order valence-corrected chi connectivity index (χ4v) is 1.31. The number of rotatable bonds is 4. The molecule has 0 saturated carbocycles. The Kier molecular flexibility index (Phi) is 6.09. The highest BCUT2D eigenvalue weighted by atomic mass is 79.9. The van der Waals surface area contributed by atoms with Gasteiger partial charge in [-0.25, -0.2) is 4.79 Å². The largest absolute Gasteiger partial charge is 0.457 e. The number of carbonyl (C=O) groups is 1. The smallest absolute Gasteiger partial charge is 0.335 e. The van der Waals surface area contributed by atoms with Gasteiger partial charge in [0.05, 0.1) is 0 Å². The third-order valence-electron chi connectivity index (χ3n) is 1.48. The van der Waals surface area contributed by atoms with Crippen molar-refractivity contribution in [3.8, 4) is 0 Å². The minimum absolute atomic E-state index is 0.220. The second-order valence-electron chi connectivity index (χ2n) is 4.15. The first-order valence-corrected chi connectivity index (χ1v) is 6.01. The van der Waals surface area contributed by atoms with E-state index in [4.69, 9.17) is 4.74 Å². The zero-order valence-corrected chi connectivity index (χ0v) is 11.0. The third-order valence-corrected chi connectivity index (χ3v) is 2.09. The molecule has 0 amide bonds. The number of carbonyl (C=O) groups excluding carboxylic acids is 1. The first kappa shape index (κ1) is 13.7. The van der Waals surface area contributed by atoms with E-state index in [9.17, 15) is 4.79 Å². The van der Waals surface area contributed by atoms with Gasteiger partial charge in [-0.1, -0.05) is 35.4 Å². The molecule has 0 aromatic heterocycles. The molecule has 82 valence electrons. The van der Waals surface area contributed by atoms with E-state index >= 15 is 0 Å². The van der Waals surface area contributed by atoms with Crippen LogP contribution in [0.15, 0.2) is 11.6 Å². The maximum Gasteiger partial charge on any atom is 0.335 e. The molecule has 0 radical (unpaired) electrons. The van der Waals surface area contributed by atoms with Gasteiger partial charge in [0.25, 0.3) is 0 Å². The van der Waals surface area contributed by atoms with Crippen LogP contribution in [0.3, 0.4) is 0 Å². The summed E-state index contributed by atoms with van der Waals surface area (Å²) in [6.45, 7) is 7.70. The maximum absolute atomic E-state index is 11.6. The van der Waals surface area contributed by atoms with Crippen molar-refractivity contribution in [3.05, 3.63) is 11.6 Å². The Morgan fingerprint density at radius 3 is 2.36 bits per heavy atom. The fraction of sp³-hybridized carbons (Fsp3) is 0.727. The van der Waals surface area contributed by atoms with E-state index in [1.807, 2.05) is 26.8 Å². The SMILES string of the molecule is CCCC=C(CBr)C(=O)OC(C)(C)C. The quantitative estimate of drug-likeness (QED) is 0.441. The normalized spacial score (nSPS) is 12.8. The number of ether oxygens (including phenoxy) is 1. The number of allylic oxidation sites excluding steroid dienone is 1. The highest BCUT2D eigenvalue weighted by Crippen LogP contribution is 2.13. The van der Waals surface area contributed by atoms with Crippen molar-refractivity contribution in [2.75, 3.05) is 5.33 Å². The Morgan fingerprint density at radius 2 is 2.00 bits per heavy atom. The van der Waals surface area contributed by atoms with E-state index in [0.717, 1.165) is 12.8 Å².